The number of nitrogens with zero attached hydrogens (tertiary/aromatic N) is 1. The number of carbonyl (C=O) groups is 1. The molecule has 0 unspecified atom stereocenters. The van der Waals surface area contributed by atoms with E-state index < -0.39 is 21.7 Å². The third-order valence-electron chi connectivity index (χ3n) is 3.86. The Morgan fingerprint density at radius 1 is 1.24 bits per heavy atom. The number of ether oxygens (including phenoxy) is 1. The van der Waals surface area contributed by atoms with Crippen molar-refractivity contribution < 1.29 is 17.9 Å². The van der Waals surface area contributed by atoms with Gasteiger partial charge in [0.2, 0.25) is 10.0 Å². The molecule has 0 aromatic heterocycles. The molecule has 1 aliphatic rings. The molecule has 0 fully saturated rings. The number of hydrogen-bond donors (Lipinski definition) is 1. The van der Waals surface area contributed by atoms with Crippen LogP contribution in [0.4, 0.5) is 5.69 Å². The number of rotatable bonds is 4. The average Bonchev–Trinajstić information content (AvgIpc) is 2.41. The minimum absolute atomic E-state index is 0.0344. The van der Waals surface area contributed by atoms with E-state index >= 15 is 0 Å². The van der Waals surface area contributed by atoms with Crippen LogP contribution >= 0.6 is 0 Å². The third-order valence-corrected chi connectivity index (χ3v) is 5.01. The fourth-order valence-electron chi connectivity index (χ4n) is 3.44. The van der Waals surface area contributed by atoms with Gasteiger partial charge in [0, 0.05) is 5.54 Å². The zero-order chi connectivity index (χ0) is 19.0. The van der Waals surface area contributed by atoms with Crippen molar-refractivity contribution in [1.29, 1.82) is 0 Å². The van der Waals surface area contributed by atoms with Crippen molar-refractivity contribution >= 4 is 21.6 Å². The zero-order valence-electron chi connectivity index (χ0n) is 15.8. The summed E-state index contributed by atoms with van der Waals surface area (Å²) >= 11 is 0. The molecule has 1 atom stereocenters. The lowest BCUT2D eigenvalue weighted by molar-refractivity contribution is -0.129. The van der Waals surface area contributed by atoms with E-state index in [2.05, 4.69) is 26.1 Å². The molecular formula is C18H28N2O4S. The minimum atomic E-state index is -3.50. The van der Waals surface area contributed by atoms with Gasteiger partial charge >= 0.3 is 0 Å². The number of nitrogens with one attached hydrogen (secondary N) is 1. The van der Waals surface area contributed by atoms with Crippen LogP contribution in [0.1, 0.15) is 41.0 Å². The summed E-state index contributed by atoms with van der Waals surface area (Å²) in [6, 6.07) is 6.84. The van der Waals surface area contributed by atoms with Crippen molar-refractivity contribution in [3.63, 3.8) is 0 Å². The van der Waals surface area contributed by atoms with Crippen LogP contribution < -0.4 is 14.4 Å². The summed E-state index contributed by atoms with van der Waals surface area (Å²) in [5.41, 5.74) is 0.0873. The molecule has 0 saturated heterocycles. The van der Waals surface area contributed by atoms with Crippen molar-refractivity contribution in [3.05, 3.63) is 24.3 Å². The Bertz CT molecular complexity index is 751. The number of benzene rings is 1. The van der Waals surface area contributed by atoms with Gasteiger partial charge in [0.05, 0.1) is 18.5 Å². The SMILES string of the molecule is CC(C)(C)CC(C)(C)NC(=O)[C@@H]1CN(S(C)(=O)=O)c2ccccc2O1. The molecular weight excluding hydrogens is 340 g/mol. The largest absolute Gasteiger partial charge is 0.476 e. The molecule has 1 aromatic carbocycles. The van der Waals surface area contributed by atoms with Crippen LogP contribution in [0.3, 0.4) is 0 Å². The smallest absolute Gasteiger partial charge is 0.263 e. The number of sulfonamides is 1. The van der Waals surface area contributed by atoms with Crippen LogP contribution in [0.25, 0.3) is 0 Å². The molecule has 1 amide bonds. The van der Waals surface area contributed by atoms with Gasteiger partial charge in [-0.25, -0.2) is 8.42 Å². The molecule has 0 radical (unpaired) electrons. The fraction of sp³-hybridized carbons (Fsp3) is 0.611. The molecule has 1 heterocycles. The summed E-state index contributed by atoms with van der Waals surface area (Å²) in [5.74, 6) is 0.0883. The molecule has 6 nitrogen and oxygen atoms in total. The number of anilines is 1. The molecule has 0 aliphatic carbocycles. The highest BCUT2D eigenvalue weighted by Crippen LogP contribution is 2.35. The first kappa shape index (κ1) is 19.6. The maximum Gasteiger partial charge on any atom is 0.263 e. The first-order chi connectivity index (χ1) is 11.3. The zero-order valence-corrected chi connectivity index (χ0v) is 16.6. The van der Waals surface area contributed by atoms with Gasteiger partial charge < -0.3 is 10.1 Å². The Morgan fingerprint density at radius 3 is 2.40 bits per heavy atom. The third kappa shape index (κ3) is 5.11. The maximum absolute atomic E-state index is 12.7. The summed E-state index contributed by atoms with van der Waals surface area (Å²) in [5, 5.41) is 3.00. The van der Waals surface area contributed by atoms with Crippen LogP contribution in [-0.4, -0.2) is 38.8 Å². The highest BCUT2D eigenvalue weighted by atomic mass is 32.2. The molecule has 0 spiro atoms. The monoisotopic (exact) mass is 368 g/mol. The Kier molecular flexibility index (Phi) is 5.10. The highest BCUT2D eigenvalue weighted by Gasteiger charge is 2.37. The summed E-state index contributed by atoms with van der Waals surface area (Å²) in [4.78, 5) is 12.7. The lowest BCUT2D eigenvalue weighted by atomic mass is 9.81. The highest BCUT2D eigenvalue weighted by molar-refractivity contribution is 7.92. The summed E-state index contributed by atoms with van der Waals surface area (Å²) < 4.78 is 31.3. The van der Waals surface area contributed by atoms with Gasteiger partial charge in [-0.15, -0.1) is 0 Å². The number of fused-ring (bicyclic) bond motifs is 1. The molecule has 0 bridgehead atoms. The molecule has 1 aromatic rings. The number of amides is 1. The van der Waals surface area contributed by atoms with E-state index in [0.717, 1.165) is 12.7 Å². The van der Waals surface area contributed by atoms with Gasteiger partial charge in [-0.05, 0) is 37.8 Å². The second kappa shape index (κ2) is 6.52. The van der Waals surface area contributed by atoms with Gasteiger partial charge in [-0.3, -0.25) is 9.10 Å². The van der Waals surface area contributed by atoms with E-state index in [1.54, 1.807) is 24.3 Å². The van der Waals surface area contributed by atoms with Gasteiger partial charge in [0.15, 0.2) is 6.10 Å². The van der Waals surface area contributed by atoms with E-state index in [4.69, 9.17) is 4.74 Å². The van der Waals surface area contributed by atoms with Crippen LogP contribution in [0.2, 0.25) is 0 Å². The second-order valence-corrected chi connectivity index (χ2v) is 10.4. The van der Waals surface area contributed by atoms with Gasteiger partial charge in [0.1, 0.15) is 5.75 Å². The predicted octanol–water partition coefficient (Wildman–Crippen LogP) is 2.54. The minimum Gasteiger partial charge on any atom is -0.476 e. The molecule has 0 saturated carbocycles. The number of hydrogen-bond acceptors (Lipinski definition) is 4. The van der Waals surface area contributed by atoms with Gasteiger partial charge in [0.25, 0.3) is 5.91 Å². The van der Waals surface area contributed by atoms with E-state index in [1.807, 2.05) is 13.8 Å². The van der Waals surface area contributed by atoms with Crippen LogP contribution in [0.15, 0.2) is 24.3 Å². The molecule has 1 N–H and O–H groups in total. The second-order valence-electron chi connectivity index (χ2n) is 8.48. The standard InChI is InChI=1S/C18H28N2O4S/c1-17(2,3)12-18(4,5)19-16(21)15-11-20(25(6,22)23)13-9-7-8-10-14(13)24-15/h7-10,15H,11-12H2,1-6H3,(H,19,21)/t15-/m0/s1. The Morgan fingerprint density at radius 2 is 1.84 bits per heavy atom. The summed E-state index contributed by atoms with van der Waals surface area (Å²) in [7, 11) is -3.50. The van der Waals surface area contributed by atoms with E-state index in [9.17, 15) is 13.2 Å². The summed E-state index contributed by atoms with van der Waals surface area (Å²) in [6.07, 6.45) is 1.03. The topological polar surface area (TPSA) is 75.7 Å². The Balaban J connectivity index is 2.22. The van der Waals surface area contributed by atoms with Crippen molar-refractivity contribution in [2.24, 2.45) is 5.41 Å². The van der Waals surface area contributed by atoms with Crippen LogP contribution in [0.5, 0.6) is 5.75 Å². The van der Waals surface area contributed by atoms with E-state index in [1.165, 1.54) is 4.31 Å². The van der Waals surface area contributed by atoms with Gasteiger partial charge in [-0.2, -0.15) is 0 Å². The van der Waals surface area contributed by atoms with Crippen LogP contribution in [0, 0.1) is 5.41 Å². The molecule has 140 valence electrons. The van der Waals surface area contributed by atoms with E-state index in [0.29, 0.717) is 11.4 Å². The molecule has 2 rings (SSSR count). The molecule has 7 heteroatoms. The first-order valence-electron chi connectivity index (χ1n) is 8.34. The normalized spacial score (nSPS) is 18.3. The summed E-state index contributed by atoms with van der Waals surface area (Å²) in [6.45, 7) is 10.2. The molecule has 25 heavy (non-hydrogen) atoms. The fourth-order valence-corrected chi connectivity index (χ4v) is 4.35. The predicted molar refractivity (Wildman–Crippen MR) is 99.3 cm³/mol. The lowest BCUT2D eigenvalue weighted by Crippen LogP contribution is -2.55. The number of para-hydroxylation sites is 2. The molecule has 1 aliphatic heterocycles. The van der Waals surface area contributed by atoms with Crippen molar-refractivity contribution in [2.75, 3.05) is 17.1 Å². The van der Waals surface area contributed by atoms with Gasteiger partial charge in [-0.1, -0.05) is 32.9 Å². The first-order valence-corrected chi connectivity index (χ1v) is 10.2. The van der Waals surface area contributed by atoms with E-state index in [-0.39, 0.29) is 17.9 Å². The maximum atomic E-state index is 12.7. The Labute approximate surface area is 150 Å². The van der Waals surface area contributed by atoms with Crippen molar-refractivity contribution in [3.8, 4) is 5.75 Å². The lowest BCUT2D eigenvalue weighted by Gasteiger charge is -2.37. The van der Waals surface area contributed by atoms with Crippen LogP contribution in [-0.2, 0) is 14.8 Å². The van der Waals surface area contributed by atoms with Crippen molar-refractivity contribution in [1.82, 2.24) is 5.32 Å². The van der Waals surface area contributed by atoms with Crippen molar-refractivity contribution in [2.45, 2.75) is 52.7 Å². The number of carbonyl (C=O) groups excluding carboxylic acids is 1. The Hall–Kier alpha value is -1.76. The quantitative estimate of drug-likeness (QED) is 0.886. The average molecular weight is 368 g/mol.